The van der Waals surface area contributed by atoms with E-state index in [1.807, 2.05) is 13.8 Å². The van der Waals surface area contributed by atoms with Crippen LogP contribution in [0.2, 0.25) is 0 Å². The average Bonchev–Trinajstić information content (AvgIpc) is 2.24. The third-order valence-electron chi connectivity index (χ3n) is 2.31. The van der Waals surface area contributed by atoms with E-state index in [0.717, 1.165) is 0 Å². The first-order valence-electron chi connectivity index (χ1n) is 5.49. The number of methoxy groups -OCH3 is 1. The lowest BCUT2D eigenvalue weighted by molar-refractivity contribution is -0.159. The van der Waals surface area contributed by atoms with Gasteiger partial charge in [0.05, 0.1) is 13.2 Å². The molecule has 0 saturated heterocycles. The third-order valence-corrected chi connectivity index (χ3v) is 2.31. The summed E-state index contributed by atoms with van der Waals surface area (Å²) in [6, 6.07) is 0.342. The molecule has 0 aromatic rings. The van der Waals surface area contributed by atoms with Crippen molar-refractivity contribution in [2.75, 3.05) is 13.7 Å². The highest BCUT2D eigenvalue weighted by atomic mass is 19.4. The van der Waals surface area contributed by atoms with Crippen LogP contribution in [0.1, 0.15) is 20.3 Å². The van der Waals surface area contributed by atoms with Gasteiger partial charge in [-0.1, -0.05) is 13.8 Å². The lowest BCUT2D eigenvalue weighted by Crippen LogP contribution is -2.43. The monoisotopic (exact) mass is 266 g/mol. The third kappa shape index (κ3) is 5.87. The van der Waals surface area contributed by atoms with Crippen LogP contribution in [0.3, 0.4) is 0 Å². The molecule has 1 N–H and O–H groups in total. The highest BCUT2D eigenvalue weighted by Gasteiger charge is 2.40. The van der Waals surface area contributed by atoms with Gasteiger partial charge in [-0.25, -0.2) is 0 Å². The second-order valence-electron chi connectivity index (χ2n) is 4.34. The molecule has 0 aliphatic rings. The summed E-state index contributed by atoms with van der Waals surface area (Å²) in [6.07, 6.45) is -4.25. The van der Waals surface area contributed by atoms with Gasteiger partial charge in [-0.05, 0) is 12.3 Å². The zero-order chi connectivity index (χ0) is 14.3. The molecule has 0 aliphatic carbocycles. The Morgan fingerprint density at radius 1 is 1.44 bits per heavy atom. The smallest absolute Gasteiger partial charge is 0.405 e. The van der Waals surface area contributed by atoms with E-state index in [1.54, 1.807) is 0 Å². The first-order chi connectivity index (χ1) is 8.22. The molecular formula is C11H17F3N2O2. The van der Waals surface area contributed by atoms with E-state index in [0.29, 0.717) is 6.42 Å². The summed E-state index contributed by atoms with van der Waals surface area (Å²) in [7, 11) is 1.17. The lowest BCUT2D eigenvalue weighted by atomic mass is 10.0. The van der Waals surface area contributed by atoms with Gasteiger partial charge < -0.3 is 10.1 Å². The molecule has 0 heterocycles. The second kappa shape index (κ2) is 7.21. The second-order valence-corrected chi connectivity index (χ2v) is 4.34. The molecule has 0 aliphatic heterocycles. The van der Waals surface area contributed by atoms with E-state index in [-0.39, 0.29) is 5.92 Å². The van der Waals surface area contributed by atoms with Crippen LogP contribution < -0.4 is 5.32 Å². The van der Waals surface area contributed by atoms with Crippen LogP contribution in [0, 0.1) is 23.2 Å². The SMILES string of the molecule is COC(=O)C(CC(C)C)NCC(C#N)C(F)(F)F. The molecule has 2 atom stereocenters. The van der Waals surface area contributed by atoms with Gasteiger partial charge in [0.15, 0.2) is 5.92 Å². The molecule has 2 unspecified atom stereocenters. The molecule has 0 amide bonds. The van der Waals surface area contributed by atoms with Gasteiger partial charge in [0, 0.05) is 6.54 Å². The summed E-state index contributed by atoms with van der Waals surface area (Å²) < 4.78 is 41.5. The number of rotatable bonds is 6. The number of hydrogen-bond acceptors (Lipinski definition) is 4. The molecule has 104 valence electrons. The van der Waals surface area contributed by atoms with Crippen molar-refractivity contribution in [1.82, 2.24) is 5.32 Å². The Morgan fingerprint density at radius 3 is 2.33 bits per heavy atom. The van der Waals surface area contributed by atoms with E-state index < -0.39 is 30.7 Å². The highest BCUT2D eigenvalue weighted by molar-refractivity contribution is 5.75. The van der Waals surface area contributed by atoms with Gasteiger partial charge in [-0.2, -0.15) is 18.4 Å². The van der Waals surface area contributed by atoms with Crippen molar-refractivity contribution < 1.29 is 22.7 Å². The molecule has 0 aromatic carbocycles. The van der Waals surface area contributed by atoms with E-state index in [1.165, 1.54) is 13.2 Å². The fourth-order valence-corrected chi connectivity index (χ4v) is 1.37. The normalized spacial score (nSPS) is 15.0. The summed E-state index contributed by atoms with van der Waals surface area (Å²) in [5, 5.41) is 10.9. The van der Waals surface area contributed by atoms with Gasteiger partial charge >= 0.3 is 12.1 Å². The molecule has 4 nitrogen and oxygen atoms in total. The number of carbonyl (C=O) groups is 1. The van der Waals surface area contributed by atoms with Gasteiger partial charge in [-0.15, -0.1) is 0 Å². The number of hydrogen-bond donors (Lipinski definition) is 1. The van der Waals surface area contributed by atoms with Crippen LogP contribution in [-0.2, 0) is 9.53 Å². The van der Waals surface area contributed by atoms with Gasteiger partial charge in [0.25, 0.3) is 0 Å². The highest BCUT2D eigenvalue weighted by Crippen LogP contribution is 2.25. The molecule has 0 saturated carbocycles. The summed E-state index contributed by atoms with van der Waals surface area (Å²) in [5.41, 5.74) is 0. The quantitative estimate of drug-likeness (QED) is 0.745. The largest absolute Gasteiger partial charge is 0.468 e. The summed E-state index contributed by atoms with van der Waals surface area (Å²) in [6.45, 7) is 3.05. The van der Waals surface area contributed by atoms with Gasteiger partial charge in [0.1, 0.15) is 6.04 Å². The van der Waals surface area contributed by atoms with E-state index in [2.05, 4.69) is 10.1 Å². The number of nitrogens with zero attached hydrogens (tertiary/aromatic N) is 1. The van der Waals surface area contributed by atoms with E-state index in [9.17, 15) is 18.0 Å². The number of carbonyl (C=O) groups excluding carboxylic acids is 1. The molecule has 0 rings (SSSR count). The molecule has 0 spiro atoms. The summed E-state index contributed by atoms with van der Waals surface area (Å²) >= 11 is 0. The van der Waals surface area contributed by atoms with Crippen molar-refractivity contribution in [2.24, 2.45) is 11.8 Å². The van der Waals surface area contributed by atoms with Crippen molar-refractivity contribution in [3.05, 3.63) is 0 Å². The minimum atomic E-state index is -4.60. The number of ether oxygens (including phenoxy) is 1. The van der Waals surface area contributed by atoms with E-state index in [4.69, 9.17) is 5.26 Å². The Labute approximate surface area is 104 Å². The number of alkyl halides is 3. The van der Waals surface area contributed by atoms with Crippen molar-refractivity contribution in [3.63, 3.8) is 0 Å². The first-order valence-corrected chi connectivity index (χ1v) is 5.49. The number of halogens is 3. The molecule has 0 bridgehead atoms. The predicted molar refractivity (Wildman–Crippen MR) is 58.4 cm³/mol. The Hall–Kier alpha value is -1.29. The Balaban J connectivity index is 4.52. The fourth-order valence-electron chi connectivity index (χ4n) is 1.37. The fraction of sp³-hybridized carbons (Fsp3) is 0.818. The van der Waals surface area contributed by atoms with Gasteiger partial charge in [-0.3, -0.25) is 4.79 Å². The molecule has 7 heteroatoms. The number of nitrogens with one attached hydrogen (secondary N) is 1. The van der Waals surface area contributed by atoms with Crippen molar-refractivity contribution in [1.29, 1.82) is 5.26 Å². The Kier molecular flexibility index (Phi) is 6.70. The molecule has 18 heavy (non-hydrogen) atoms. The van der Waals surface area contributed by atoms with Crippen LogP contribution in [-0.4, -0.2) is 31.8 Å². The predicted octanol–water partition coefficient (Wildman–Crippen LogP) is 1.87. The zero-order valence-electron chi connectivity index (χ0n) is 10.5. The maximum absolute atomic E-state index is 12.3. The molecule has 0 fully saturated rings. The van der Waals surface area contributed by atoms with Gasteiger partial charge in [0.2, 0.25) is 0 Å². The lowest BCUT2D eigenvalue weighted by Gasteiger charge is -2.20. The zero-order valence-corrected chi connectivity index (χ0v) is 10.5. The van der Waals surface area contributed by atoms with Crippen LogP contribution in [0.15, 0.2) is 0 Å². The van der Waals surface area contributed by atoms with Crippen molar-refractivity contribution in [3.8, 4) is 6.07 Å². The molecule has 0 aromatic heterocycles. The topological polar surface area (TPSA) is 62.1 Å². The van der Waals surface area contributed by atoms with Crippen LogP contribution in [0.5, 0.6) is 0 Å². The average molecular weight is 266 g/mol. The number of esters is 1. The van der Waals surface area contributed by atoms with Crippen LogP contribution in [0.4, 0.5) is 13.2 Å². The minimum Gasteiger partial charge on any atom is -0.468 e. The first kappa shape index (κ1) is 16.7. The maximum atomic E-state index is 12.3. The standard InChI is InChI=1S/C11H17F3N2O2/c1-7(2)4-9(10(17)18-3)16-6-8(5-15)11(12,13)14/h7-9,16H,4,6H2,1-3H3. The van der Waals surface area contributed by atoms with Crippen LogP contribution >= 0.6 is 0 Å². The Morgan fingerprint density at radius 2 is 2.00 bits per heavy atom. The maximum Gasteiger partial charge on any atom is 0.405 e. The molecular weight excluding hydrogens is 249 g/mol. The van der Waals surface area contributed by atoms with E-state index >= 15 is 0 Å². The molecule has 0 radical (unpaired) electrons. The van der Waals surface area contributed by atoms with Crippen molar-refractivity contribution in [2.45, 2.75) is 32.5 Å². The minimum absolute atomic E-state index is 0.119. The van der Waals surface area contributed by atoms with Crippen LogP contribution in [0.25, 0.3) is 0 Å². The summed E-state index contributed by atoms with van der Waals surface area (Å²) in [5.74, 6) is -2.63. The Bertz CT molecular complexity index is 310. The van der Waals surface area contributed by atoms with Crippen molar-refractivity contribution >= 4 is 5.97 Å². The number of nitriles is 1. The summed E-state index contributed by atoms with van der Waals surface area (Å²) in [4.78, 5) is 11.3.